The number of aromatic nitrogens is 3. The molecule has 1 aromatic carbocycles. The Labute approximate surface area is 143 Å². The summed E-state index contributed by atoms with van der Waals surface area (Å²) in [4.78, 5) is 12.2. The molecule has 1 aromatic heterocycles. The lowest BCUT2D eigenvalue weighted by Crippen LogP contribution is -2.16. The van der Waals surface area contributed by atoms with Gasteiger partial charge >= 0.3 is 0 Å². The summed E-state index contributed by atoms with van der Waals surface area (Å²) in [6.07, 6.45) is 0. The highest BCUT2D eigenvalue weighted by Gasteiger charge is 2.12. The smallest absolute Gasteiger partial charge is 0.234 e. The van der Waals surface area contributed by atoms with Crippen LogP contribution in [0.25, 0.3) is 0 Å². The molecule has 1 N–H and O–H groups in total. The molecular weight excluding hydrogens is 364 g/mol. The van der Waals surface area contributed by atoms with Gasteiger partial charge < -0.3 is 9.88 Å². The molecule has 7 heteroatoms. The van der Waals surface area contributed by atoms with Crippen molar-refractivity contribution in [2.75, 3.05) is 11.1 Å². The summed E-state index contributed by atoms with van der Waals surface area (Å²) in [7, 11) is 0. The van der Waals surface area contributed by atoms with Crippen LogP contribution in [0.3, 0.4) is 0 Å². The third kappa shape index (κ3) is 3.89. The molecule has 0 spiro atoms. The number of carbonyl (C=O) groups excluding carboxylic acids is 1. The molecule has 1 heterocycles. The highest BCUT2D eigenvalue weighted by Crippen LogP contribution is 2.25. The minimum atomic E-state index is -0.0400. The maximum atomic E-state index is 12.2. The van der Waals surface area contributed by atoms with E-state index >= 15 is 0 Å². The van der Waals surface area contributed by atoms with Crippen LogP contribution >= 0.6 is 27.7 Å². The summed E-state index contributed by atoms with van der Waals surface area (Å²) in [6.45, 7) is 8.72. The van der Waals surface area contributed by atoms with Crippen molar-refractivity contribution < 1.29 is 4.79 Å². The van der Waals surface area contributed by atoms with Crippen LogP contribution in [0.5, 0.6) is 0 Å². The van der Waals surface area contributed by atoms with Gasteiger partial charge in [0, 0.05) is 16.7 Å². The molecule has 5 nitrogen and oxygen atoms in total. The summed E-state index contributed by atoms with van der Waals surface area (Å²) in [5.41, 5.74) is 2.96. The summed E-state index contributed by atoms with van der Waals surface area (Å²) in [6, 6.07) is 3.99. The van der Waals surface area contributed by atoms with Crippen molar-refractivity contribution in [3.8, 4) is 0 Å². The number of hydrogen-bond acceptors (Lipinski definition) is 4. The zero-order valence-electron chi connectivity index (χ0n) is 13.1. The average molecular weight is 383 g/mol. The molecule has 22 heavy (non-hydrogen) atoms. The number of amides is 1. The van der Waals surface area contributed by atoms with E-state index in [4.69, 9.17) is 0 Å². The quantitative estimate of drug-likeness (QED) is 0.800. The number of rotatable bonds is 5. The number of halogens is 1. The number of carbonyl (C=O) groups is 1. The molecule has 0 aliphatic carbocycles. The van der Waals surface area contributed by atoms with Gasteiger partial charge in [0.1, 0.15) is 5.82 Å². The van der Waals surface area contributed by atoms with Gasteiger partial charge in [-0.15, -0.1) is 10.2 Å². The predicted octanol–water partition coefficient (Wildman–Crippen LogP) is 3.72. The van der Waals surface area contributed by atoms with Crippen LogP contribution in [0.15, 0.2) is 21.8 Å². The van der Waals surface area contributed by atoms with Gasteiger partial charge in [0.25, 0.3) is 0 Å². The maximum absolute atomic E-state index is 12.2. The first-order chi connectivity index (χ1) is 10.4. The Morgan fingerprint density at radius 3 is 2.50 bits per heavy atom. The highest BCUT2D eigenvalue weighted by molar-refractivity contribution is 9.10. The molecule has 0 unspecified atom stereocenters. The van der Waals surface area contributed by atoms with Crippen LogP contribution in [0.2, 0.25) is 0 Å². The Hall–Kier alpha value is -1.34. The Bertz CT molecular complexity index is 676. The lowest BCUT2D eigenvalue weighted by atomic mass is 10.1. The Morgan fingerprint density at radius 2 is 1.91 bits per heavy atom. The average Bonchev–Trinajstić information content (AvgIpc) is 2.80. The molecule has 2 rings (SSSR count). The SMILES string of the molecule is CCn1c(C)nnc1SCC(=O)Nc1c(C)cc(Br)cc1C. The number of nitrogens with one attached hydrogen (secondary N) is 1. The predicted molar refractivity (Wildman–Crippen MR) is 93.4 cm³/mol. The van der Waals surface area contributed by atoms with Gasteiger partial charge in [-0.1, -0.05) is 27.7 Å². The molecular formula is C15H19BrN4OS. The van der Waals surface area contributed by atoms with Gasteiger partial charge in [0.2, 0.25) is 5.91 Å². The minimum absolute atomic E-state index is 0.0400. The summed E-state index contributed by atoms with van der Waals surface area (Å²) in [5, 5.41) is 11.9. The summed E-state index contributed by atoms with van der Waals surface area (Å²) in [5.74, 6) is 1.14. The molecule has 0 atom stereocenters. The lowest BCUT2D eigenvalue weighted by molar-refractivity contribution is -0.113. The number of benzene rings is 1. The highest BCUT2D eigenvalue weighted by atomic mass is 79.9. The summed E-state index contributed by atoms with van der Waals surface area (Å²) < 4.78 is 3.01. The second-order valence-electron chi connectivity index (χ2n) is 5.03. The summed E-state index contributed by atoms with van der Waals surface area (Å²) >= 11 is 4.86. The van der Waals surface area contributed by atoms with Crippen molar-refractivity contribution in [1.29, 1.82) is 0 Å². The third-order valence-electron chi connectivity index (χ3n) is 3.31. The van der Waals surface area contributed by atoms with Crippen LogP contribution in [0.4, 0.5) is 5.69 Å². The van der Waals surface area contributed by atoms with E-state index in [1.165, 1.54) is 11.8 Å². The molecule has 0 bridgehead atoms. The van der Waals surface area contributed by atoms with Crippen molar-refractivity contribution in [2.45, 2.75) is 39.4 Å². The van der Waals surface area contributed by atoms with Crippen LogP contribution in [-0.2, 0) is 11.3 Å². The van der Waals surface area contributed by atoms with Crippen molar-refractivity contribution in [3.63, 3.8) is 0 Å². The van der Waals surface area contributed by atoms with Gasteiger partial charge in [-0.05, 0) is 51.0 Å². The fourth-order valence-electron chi connectivity index (χ4n) is 2.25. The van der Waals surface area contributed by atoms with E-state index in [1.807, 2.05) is 44.4 Å². The van der Waals surface area contributed by atoms with E-state index in [0.29, 0.717) is 5.75 Å². The second-order valence-corrected chi connectivity index (χ2v) is 6.88. The first-order valence-corrected chi connectivity index (χ1v) is 8.79. The van der Waals surface area contributed by atoms with Gasteiger partial charge in [-0.3, -0.25) is 4.79 Å². The zero-order chi connectivity index (χ0) is 16.3. The van der Waals surface area contributed by atoms with E-state index in [-0.39, 0.29) is 5.91 Å². The van der Waals surface area contributed by atoms with Gasteiger partial charge in [0.15, 0.2) is 5.16 Å². The molecule has 0 aliphatic heterocycles. The van der Waals surface area contributed by atoms with Gasteiger partial charge in [-0.2, -0.15) is 0 Å². The molecule has 0 saturated heterocycles. The monoisotopic (exact) mass is 382 g/mol. The number of nitrogens with zero attached hydrogens (tertiary/aromatic N) is 3. The Balaban J connectivity index is 2.02. The van der Waals surface area contributed by atoms with Crippen molar-refractivity contribution >= 4 is 39.3 Å². The lowest BCUT2D eigenvalue weighted by Gasteiger charge is -2.12. The van der Waals surface area contributed by atoms with Crippen molar-refractivity contribution in [2.24, 2.45) is 0 Å². The molecule has 0 aliphatic rings. The van der Waals surface area contributed by atoms with Crippen LogP contribution in [0.1, 0.15) is 23.9 Å². The van der Waals surface area contributed by atoms with Crippen LogP contribution < -0.4 is 5.32 Å². The zero-order valence-corrected chi connectivity index (χ0v) is 15.5. The molecule has 0 radical (unpaired) electrons. The van der Waals surface area contributed by atoms with E-state index in [9.17, 15) is 4.79 Å². The number of aryl methyl sites for hydroxylation is 3. The molecule has 0 saturated carbocycles. The van der Waals surface area contributed by atoms with Crippen molar-refractivity contribution in [3.05, 3.63) is 33.6 Å². The van der Waals surface area contributed by atoms with E-state index in [1.54, 1.807) is 0 Å². The molecule has 0 fully saturated rings. The molecule has 2 aromatic rings. The van der Waals surface area contributed by atoms with Crippen LogP contribution in [-0.4, -0.2) is 26.4 Å². The number of anilines is 1. The normalized spacial score (nSPS) is 10.8. The Morgan fingerprint density at radius 1 is 1.27 bits per heavy atom. The fourth-order valence-corrected chi connectivity index (χ4v) is 3.78. The molecule has 1 amide bonds. The number of thioether (sulfide) groups is 1. The maximum Gasteiger partial charge on any atom is 0.234 e. The third-order valence-corrected chi connectivity index (χ3v) is 4.74. The molecule has 118 valence electrons. The standard InChI is InChI=1S/C15H19BrN4OS/c1-5-20-11(4)18-19-15(20)22-8-13(21)17-14-9(2)6-12(16)7-10(14)3/h6-7H,5,8H2,1-4H3,(H,17,21). The minimum Gasteiger partial charge on any atom is -0.325 e. The van der Waals surface area contributed by atoms with E-state index in [2.05, 4.69) is 31.4 Å². The first-order valence-electron chi connectivity index (χ1n) is 7.01. The first kappa shape index (κ1) is 17.0. The van der Waals surface area contributed by atoms with Crippen molar-refractivity contribution in [1.82, 2.24) is 14.8 Å². The van der Waals surface area contributed by atoms with E-state index < -0.39 is 0 Å². The van der Waals surface area contributed by atoms with E-state index in [0.717, 1.165) is 38.8 Å². The van der Waals surface area contributed by atoms with Gasteiger partial charge in [-0.25, -0.2) is 0 Å². The largest absolute Gasteiger partial charge is 0.325 e. The topological polar surface area (TPSA) is 59.8 Å². The number of hydrogen-bond donors (Lipinski definition) is 1. The van der Waals surface area contributed by atoms with Crippen LogP contribution in [0, 0.1) is 20.8 Å². The Kier molecular flexibility index (Phi) is 5.63. The fraction of sp³-hybridized carbons (Fsp3) is 0.400. The second kappa shape index (κ2) is 7.28. The van der Waals surface area contributed by atoms with Gasteiger partial charge in [0.05, 0.1) is 5.75 Å².